The van der Waals surface area contributed by atoms with Crippen molar-refractivity contribution >= 4 is 23.6 Å². The van der Waals surface area contributed by atoms with E-state index in [1.165, 1.54) is 0 Å². The van der Waals surface area contributed by atoms with Crippen molar-refractivity contribution in [3.63, 3.8) is 0 Å². The van der Waals surface area contributed by atoms with Gasteiger partial charge in [-0.25, -0.2) is 9.59 Å². The molecule has 0 saturated carbocycles. The lowest BCUT2D eigenvalue weighted by atomic mass is 10.1. The first kappa shape index (κ1) is 47.4. The van der Waals surface area contributed by atoms with Crippen LogP contribution >= 0.6 is 0 Å². The largest absolute Gasteiger partial charge is 0.497 e. The summed E-state index contributed by atoms with van der Waals surface area (Å²) >= 11 is 0. The molecule has 0 spiro atoms. The highest BCUT2D eigenvalue weighted by molar-refractivity contribution is 5.68. The molecule has 0 aliphatic carbocycles. The maximum Gasteiger partial charge on any atom is 0.407 e. The van der Waals surface area contributed by atoms with E-state index in [1.54, 1.807) is 20.3 Å². The number of rotatable bonds is 23. The van der Waals surface area contributed by atoms with E-state index in [9.17, 15) is 9.59 Å². The van der Waals surface area contributed by atoms with Gasteiger partial charge in [0.1, 0.15) is 48.4 Å². The van der Waals surface area contributed by atoms with Crippen LogP contribution in [0.3, 0.4) is 0 Å². The summed E-state index contributed by atoms with van der Waals surface area (Å²) in [5.41, 5.74) is 10.0. The summed E-state index contributed by atoms with van der Waals surface area (Å²) in [6, 6.07) is 36.7. The molecule has 336 valence electrons. The van der Waals surface area contributed by atoms with Crippen molar-refractivity contribution in [1.82, 2.24) is 21.1 Å². The van der Waals surface area contributed by atoms with Gasteiger partial charge in [-0.3, -0.25) is 10.4 Å². The molecule has 5 rings (SSSR count). The van der Waals surface area contributed by atoms with Gasteiger partial charge in [-0.05, 0) is 88.5 Å². The van der Waals surface area contributed by atoms with Crippen molar-refractivity contribution in [1.29, 1.82) is 0 Å². The fourth-order valence-electron chi connectivity index (χ4n) is 6.48. The third-order valence-electron chi connectivity index (χ3n) is 9.93. The zero-order chi connectivity index (χ0) is 45.1. The van der Waals surface area contributed by atoms with Crippen LogP contribution in [0.5, 0.6) is 23.0 Å². The van der Waals surface area contributed by atoms with Gasteiger partial charge in [0.05, 0.1) is 14.2 Å². The summed E-state index contributed by atoms with van der Waals surface area (Å²) in [5, 5.41) is 7.61. The molecule has 2 unspecified atom stereocenters. The predicted molar refractivity (Wildman–Crippen MR) is 247 cm³/mol. The van der Waals surface area contributed by atoms with Gasteiger partial charge in [0, 0.05) is 92.2 Å². The molecule has 0 aromatic heterocycles. The topological polar surface area (TPSA) is 135 Å². The molecule has 0 saturated heterocycles. The van der Waals surface area contributed by atoms with Crippen molar-refractivity contribution in [3.05, 3.63) is 143 Å². The molecule has 14 heteroatoms. The maximum atomic E-state index is 13.2. The van der Waals surface area contributed by atoms with E-state index in [-0.39, 0.29) is 13.2 Å². The van der Waals surface area contributed by atoms with Gasteiger partial charge in [0.15, 0.2) is 0 Å². The maximum absolute atomic E-state index is 13.2. The average Bonchev–Trinajstić information content (AvgIpc) is 3.28. The quantitative estimate of drug-likeness (QED) is 0.0572. The van der Waals surface area contributed by atoms with Crippen LogP contribution in [0.2, 0.25) is 0 Å². The predicted octanol–water partition coefficient (Wildman–Crippen LogP) is 7.24. The summed E-state index contributed by atoms with van der Waals surface area (Å²) in [6.45, 7) is 1.17. The second kappa shape index (κ2) is 24.1. The van der Waals surface area contributed by atoms with Crippen molar-refractivity contribution in [2.75, 3.05) is 79.5 Å². The Morgan fingerprint density at radius 1 is 0.492 bits per heavy atom. The molecule has 14 nitrogen and oxygen atoms in total. The van der Waals surface area contributed by atoms with Crippen molar-refractivity contribution in [2.24, 2.45) is 0 Å². The second-order valence-corrected chi connectivity index (χ2v) is 15.7. The normalized spacial score (nSPS) is 11.8. The minimum atomic E-state index is -0.661. The number of carbonyl (C=O) groups excluding carboxylic acids is 2. The van der Waals surface area contributed by atoms with E-state index in [4.69, 9.17) is 28.4 Å². The first-order valence-electron chi connectivity index (χ1n) is 20.8. The second-order valence-electron chi connectivity index (χ2n) is 15.7. The van der Waals surface area contributed by atoms with Crippen LogP contribution in [0.25, 0.3) is 0 Å². The number of carbonyl (C=O) groups is 2. The summed E-state index contributed by atoms with van der Waals surface area (Å²) in [5.74, 6) is 2.41. The molecule has 0 radical (unpaired) electrons. The molecule has 5 aromatic rings. The van der Waals surface area contributed by atoms with Crippen LogP contribution in [-0.2, 0) is 41.9 Å². The van der Waals surface area contributed by atoms with Crippen LogP contribution in [0.15, 0.2) is 115 Å². The molecular formula is C49H62N6O8. The molecule has 0 heterocycles. The number of benzene rings is 5. The Morgan fingerprint density at radius 2 is 0.905 bits per heavy atom. The number of hydrogen-bond donors (Lipinski definition) is 3. The Bertz CT molecular complexity index is 2040. The highest BCUT2D eigenvalue weighted by Gasteiger charge is 2.20. The zero-order valence-electron chi connectivity index (χ0n) is 37.7. The summed E-state index contributed by atoms with van der Waals surface area (Å²) < 4.78 is 35.7. The fraction of sp³-hybridized carbons (Fsp3) is 0.347. The number of nitrogens with one attached hydrogen (secondary N) is 3. The van der Waals surface area contributed by atoms with Gasteiger partial charge in [-0.15, -0.1) is 0 Å². The summed E-state index contributed by atoms with van der Waals surface area (Å²) in [7, 11) is 15.0. The number of methoxy groups -OCH3 is 2. The fourth-order valence-corrected chi connectivity index (χ4v) is 6.48. The molecule has 2 atom stereocenters. The van der Waals surface area contributed by atoms with E-state index >= 15 is 0 Å². The number of alkyl carbamates (subject to hydrolysis) is 2. The first-order valence-corrected chi connectivity index (χ1v) is 20.8. The average molecular weight is 863 g/mol. The standard InChI is InChI=1S/C49H62N6O8/c1-53(2)40-19-15-35(16-20-40)30-50-48(56)62-46(25-37-11-9-13-42(23-37)58-7)33-60-44-27-39(32-52-55(5)6)28-45(29-44)61-34-47(26-38-12-10-14-43(24-38)59-8)63-49(57)51-31-36-17-21-41(22-18-36)54(3)4/h9-24,27-29,46-47,52H,25-26,30-34H2,1-8H3,(H,50,56)(H,51,57). The van der Waals surface area contributed by atoms with E-state index in [0.717, 1.165) is 39.2 Å². The molecule has 63 heavy (non-hydrogen) atoms. The molecule has 5 aromatic carbocycles. The van der Waals surface area contributed by atoms with Gasteiger partial charge in [-0.1, -0.05) is 48.5 Å². The Kier molecular flexibility index (Phi) is 18.1. The number of nitrogens with zero attached hydrogens (tertiary/aromatic N) is 3. The van der Waals surface area contributed by atoms with Crippen LogP contribution in [0, 0.1) is 0 Å². The van der Waals surface area contributed by atoms with Gasteiger partial charge in [-0.2, -0.15) is 0 Å². The molecule has 3 N–H and O–H groups in total. The molecule has 0 fully saturated rings. The Balaban J connectivity index is 1.30. The number of amides is 2. The van der Waals surface area contributed by atoms with Crippen LogP contribution in [-0.4, -0.2) is 99.1 Å². The van der Waals surface area contributed by atoms with Crippen molar-refractivity contribution < 1.29 is 38.0 Å². The number of hydrogen-bond acceptors (Lipinski definition) is 12. The van der Waals surface area contributed by atoms with Crippen molar-refractivity contribution in [2.45, 2.75) is 44.7 Å². The molecule has 0 aliphatic heterocycles. The minimum Gasteiger partial charge on any atom is -0.497 e. The first-order chi connectivity index (χ1) is 30.3. The summed E-state index contributed by atoms with van der Waals surface area (Å²) in [6.07, 6.45) is -1.70. The lowest BCUT2D eigenvalue weighted by Crippen LogP contribution is -2.33. The van der Waals surface area contributed by atoms with E-state index in [0.29, 0.717) is 55.5 Å². The Hall–Kier alpha value is -6.64. The molecule has 2 amide bonds. The number of anilines is 2. The highest BCUT2D eigenvalue weighted by Crippen LogP contribution is 2.26. The van der Waals surface area contributed by atoms with Crippen LogP contribution in [0.1, 0.15) is 27.8 Å². The third kappa shape index (κ3) is 16.3. The van der Waals surface area contributed by atoms with Gasteiger partial charge < -0.3 is 48.9 Å². The SMILES string of the molecule is COc1cccc(CC(COc2cc(CNN(C)C)cc(OCC(Cc3cccc(OC)c3)OC(=O)NCc3ccc(N(C)C)cc3)c2)OC(=O)NCc2ccc(N(C)C)cc2)c1. The molecular weight excluding hydrogens is 801 g/mol. The summed E-state index contributed by atoms with van der Waals surface area (Å²) in [4.78, 5) is 30.5. The van der Waals surface area contributed by atoms with E-state index in [2.05, 4.69) is 16.1 Å². The Labute approximate surface area is 371 Å². The lowest BCUT2D eigenvalue weighted by Gasteiger charge is -2.22. The highest BCUT2D eigenvalue weighted by atomic mass is 16.6. The van der Waals surface area contributed by atoms with E-state index < -0.39 is 24.4 Å². The monoisotopic (exact) mass is 862 g/mol. The minimum absolute atomic E-state index is 0.0474. The number of ether oxygens (including phenoxy) is 6. The third-order valence-corrected chi connectivity index (χ3v) is 9.93. The molecule has 0 bridgehead atoms. The van der Waals surface area contributed by atoms with Crippen LogP contribution < -0.4 is 44.8 Å². The van der Waals surface area contributed by atoms with Crippen LogP contribution in [0.4, 0.5) is 21.0 Å². The number of hydrazine groups is 1. The van der Waals surface area contributed by atoms with Gasteiger partial charge >= 0.3 is 12.2 Å². The van der Waals surface area contributed by atoms with Gasteiger partial charge in [0.25, 0.3) is 0 Å². The smallest absolute Gasteiger partial charge is 0.407 e. The van der Waals surface area contributed by atoms with E-state index in [1.807, 2.05) is 166 Å². The molecule has 0 aliphatic rings. The van der Waals surface area contributed by atoms with Gasteiger partial charge in [0.2, 0.25) is 0 Å². The van der Waals surface area contributed by atoms with Crippen molar-refractivity contribution in [3.8, 4) is 23.0 Å². The lowest BCUT2D eigenvalue weighted by molar-refractivity contribution is 0.0632. The zero-order valence-corrected chi connectivity index (χ0v) is 37.7. The Morgan fingerprint density at radius 3 is 1.29 bits per heavy atom.